The standard InChI is InChI=1S/C9H8BrFO3/c1-14-9(13)3-5-2-7(11)6(10)4-8(5)12/h2,4,12H,3H2,1H3. The van der Waals surface area contributed by atoms with Crippen LogP contribution in [0.5, 0.6) is 5.75 Å². The third-order valence-corrected chi connectivity index (χ3v) is 2.29. The van der Waals surface area contributed by atoms with Crippen LogP contribution in [-0.4, -0.2) is 18.2 Å². The maximum atomic E-state index is 13.0. The van der Waals surface area contributed by atoms with Gasteiger partial charge in [-0.1, -0.05) is 0 Å². The van der Waals surface area contributed by atoms with E-state index in [0.29, 0.717) is 0 Å². The topological polar surface area (TPSA) is 46.5 Å². The normalized spacial score (nSPS) is 9.93. The molecule has 0 fully saturated rings. The number of ether oxygens (including phenoxy) is 1. The van der Waals surface area contributed by atoms with Crippen molar-refractivity contribution in [2.75, 3.05) is 7.11 Å². The second-order valence-electron chi connectivity index (χ2n) is 2.65. The van der Waals surface area contributed by atoms with Crippen LogP contribution in [0.1, 0.15) is 5.56 Å². The molecule has 1 rings (SSSR count). The summed E-state index contributed by atoms with van der Waals surface area (Å²) < 4.78 is 17.6. The molecule has 1 aromatic carbocycles. The van der Waals surface area contributed by atoms with Crippen molar-refractivity contribution in [3.8, 4) is 5.75 Å². The summed E-state index contributed by atoms with van der Waals surface area (Å²) in [6, 6.07) is 2.30. The molecule has 1 N–H and O–H groups in total. The lowest BCUT2D eigenvalue weighted by atomic mass is 10.1. The SMILES string of the molecule is COC(=O)Cc1cc(F)c(Br)cc1O. The Morgan fingerprint density at radius 2 is 2.29 bits per heavy atom. The van der Waals surface area contributed by atoms with Crippen LogP contribution in [0.25, 0.3) is 0 Å². The van der Waals surface area contributed by atoms with Crippen molar-refractivity contribution in [2.45, 2.75) is 6.42 Å². The molecule has 0 saturated carbocycles. The van der Waals surface area contributed by atoms with Crippen LogP contribution in [-0.2, 0) is 16.0 Å². The Balaban J connectivity index is 2.98. The Morgan fingerprint density at radius 3 is 2.86 bits per heavy atom. The van der Waals surface area contributed by atoms with E-state index in [1.165, 1.54) is 13.2 Å². The maximum Gasteiger partial charge on any atom is 0.310 e. The van der Waals surface area contributed by atoms with E-state index in [2.05, 4.69) is 20.7 Å². The molecule has 0 saturated heterocycles. The summed E-state index contributed by atoms with van der Waals surface area (Å²) >= 11 is 2.91. The molecule has 0 unspecified atom stereocenters. The van der Waals surface area contributed by atoms with Crippen LogP contribution in [0, 0.1) is 5.82 Å². The second kappa shape index (κ2) is 4.41. The van der Waals surface area contributed by atoms with E-state index in [1.807, 2.05) is 0 Å². The van der Waals surface area contributed by atoms with Crippen LogP contribution in [0.4, 0.5) is 4.39 Å². The molecule has 0 spiro atoms. The van der Waals surface area contributed by atoms with Crippen molar-refractivity contribution in [1.82, 2.24) is 0 Å². The van der Waals surface area contributed by atoms with Gasteiger partial charge in [-0.2, -0.15) is 0 Å². The summed E-state index contributed by atoms with van der Waals surface area (Å²) in [5.41, 5.74) is 0.206. The predicted molar refractivity (Wildman–Crippen MR) is 51.5 cm³/mol. The first kappa shape index (κ1) is 11.0. The molecule has 0 bridgehead atoms. The Hall–Kier alpha value is -1.10. The summed E-state index contributed by atoms with van der Waals surface area (Å²) in [5.74, 6) is -1.19. The third kappa shape index (κ3) is 2.45. The molecule has 0 heterocycles. The number of carbonyl (C=O) groups is 1. The van der Waals surface area contributed by atoms with E-state index in [0.717, 1.165) is 6.07 Å². The van der Waals surface area contributed by atoms with Crippen LogP contribution in [0.3, 0.4) is 0 Å². The van der Waals surface area contributed by atoms with Crippen molar-refractivity contribution < 1.29 is 19.0 Å². The van der Waals surface area contributed by atoms with Crippen LogP contribution >= 0.6 is 15.9 Å². The van der Waals surface area contributed by atoms with Crippen molar-refractivity contribution in [3.63, 3.8) is 0 Å². The minimum absolute atomic E-state index is 0.135. The van der Waals surface area contributed by atoms with Crippen LogP contribution < -0.4 is 0 Å². The van der Waals surface area contributed by atoms with Crippen molar-refractivity contribution >= 4 is 21.9 Å². The number of halogens is 2. The number of phenolic OH excluding ortho intramolecular Hbond substituents is 1. The lowest BCUT2D eigenvalue weighted by Crippen LogP contribution is -2.05. The minimum Gasteiger partial charge on any atom is -0.508 e. The van der Waals surface area contributed by atoms with Gasteiger partial charge in [-0.05, 0) is 28.1 Å². The second-order valence-corrected chi connectivity index (χ2v) is 3.50. The number of hydrogen-bond donors (Lipinski definition) is 1. The Morgan fingerprint density at radius 1 is 1.64 bits per heavy atom. The molecule has 0 aliphatic heterocycles. The number of esters is 1. The quantitative estimate of drug-likeness (QED) is 0.830. The van der Waals surface area contributed by atoms with Gasteiger partial charge in [0.05, 0.1) is 18.0 Å². The van der Waals surface area contributed by atoms with Crippen molar-refractivity contribution in [1.29, 1.82) is 0 Å². The number of rotatable bonds is 2. The van der Waals surface area contributed by atoms with Gasteiger partial charge in [-0.3, -0.25) is 4.79 Å². The summed E-state index contributed by atoms with van der Waals surface area (Å²) in [5, 5.41) is 9.36. The van der Waals surface area contributed by atoms with Gasteiger partial charge in [0.15, 0.2) is 0 Å². The highest BCUT2D eigenvalue weighted by molar-refractivity contribution is 9.10. The largest absolute Gasteiger partial charge is 0.508 e. The van der Waals surface area contributed by atoms with E-state index in [4.69, 9.17) is 0 Å². The zero-order valence-electron chi connectivity index (χ0n) is 7.38. The van der Waals surface area contributed by atoms with E-state index in [-0.39, 0.29) is 22.2 Å². The molecule has 5 heteroatoms. The van der Waals surface area contributed by atoms with Gasteiger partial charge in [0.25, 0.3) is 0 Å². The van der Waals surface area contributed by atoms with Crippen molar-refractivity contribution in [3.05, 3.63) is 28.0 Å². The number of phenols is 1. The van der Waals surface area contributed by atoms with Gasteiger partial charge in [0.1, 0.15) is 11.6 Å². The van der Waals surface area contributed by atoms with E-state index >= 15 is 0 Å². The van der Waals surface area contributed by atoms with Crippen LogP contribution in [0.2, 0.25) is 0 Å². The molecule has 0 radical (unpaired) electrons. The van der Waals surface area contributed by atoms with Gasteiger partial charge in [-0.25, -0.2) is 4.39 Å². The molecule has 0 aliphatic rings. The predicted octanol–water partition coefficient (Wildman–Crippen LogP) is 2.01. The molecule has 0 aliphatic carbocycles. The fourth-order valence-electron chi connectivity index (χ4n) is 0.947. The molecule has 0 atom stereocenters. The monoisotopic (exact) mass is 262 g/mol. The average Bonchev–Trinajstić information content (AvgIpc) is 2.14. The van der Waals surface area contributed by atoms with Crippen molar-refractivity contribution in [2.24, 2.45) is 0 Å². The Labute approximate surface area is 88.6 Å². The first-order valence-electron chi connectivity index (χ1n) is 3.78. The molecule has 14 heavy (non-hydrogen) atoms. The minimum atomic E-state index is -0.526. The fraction of sp³-hybridized carbons (Fsp3) is 0.222. The Kier molecular flexibility index (Phi) is 3.46. The molecular weight excluding hydrogens is 255 g/mol. The molecule has 76 valence electrons. The number of methoxy groups -OCH3 is 1. The van der Waals surface area contributed by atoms with E-state index < -0.39 is 11.8 Å². The molecule has 0 aromatic heterocycles. The smallest absolute Gasteiger partial charge is 0.310 e. The highest BCUT2D eigenvalue weighted by Gasteiger charge is 2.11. The molecule has 1 aromatic rings. The van der Waals surface area contributed by atoms with Crippen LogP contribution in [0.15, 0.2) is 16.6 Å². The van der Waals surface area contributed by atoms with Gasteiger partial charge in [0.2, 0.25) is 0 Å². The fourth-order valence-corrected chi connectivity index (χ4v) is 1.28. The molecule has 3 nitrogen and oxygen atoms in total. The lowest BCUT2D eigenvalue weighted by Gasteiger charge is -2.04. The van der Waals surface area contributed by atoms with E-state index in [1.54, 1.807) is 0 Å². The van der Waals surface area contributed by atoms with Gasteiger partial charge in [-0.15, -0.1) is 0 Å². The summed E-state index contributed by atoms with van der Waals surface area (Å²) in [6.45, 7) is 0. The van der Waals surface area contributed by atoms with E-state index in [9.17, 15) is 14.3 Å². The molecule has 0 amide bonds. The summed E-state index contributed by atoms with van der Waals surface area (Å²) in [7, 11) is 1.23. The lowest BCUT2D eigenvalue weighted by molar-refractivity contribution is -0.139. The number of benzene rings is 1. The molecular formula is C9H8BrFO3. The first-order chi connectivity index (χ1) is 6.54. The third-order valence-electron chi connectivity index (χ3n) is 1.68. The first-order valence-corrected chi connectivity index (χ1v) is 4.57. The number of carbonyl (C=O) groups excluding carboxylic acids is 1. The maximum absolute atomic E-state index is 13.0. The highest BCUT2D eigenvalue weighted by atomic mass is 79.9. The Bertz CT molecular complexity index is 365. The summed E-state index contributed by atoms with van der Waals surface area (Å²) in [4.78, 5) is 10.9. The number of hydrogen-bond acceptors (Lipinski definition) is 3. The van der Waals surface area contributed by atoms with Gasteiger partial charge in [0, 0.05) is 5.56 Å². The van der Waals surface area contributed by atoms with Gasteiger partial charge >= 0.3 is 5.97 Å². The zero-order chi connectivity index (χ0) is 10.7. The zero-order valence-corrected chi connectivity index (χ0v) is 8.97. The average molecular weight is 263 g/mol. The highest BCUT2D eigenvalue weighted by Crippen LogP contribution is 2.25. The summed E-state index contributed by atoms with van der Waals surface area (Å²) in [6.07, 6.45) is -0.146. The van der Waals surface area contributed by atoms with Gasteiger partial charge < -0.3 is 9.84 Å². The number of aromatic hydroxyl groups is 1.